The van der Waals surface area contributed by atoms with E-state index in [1.54, 1.807) is 0 Å². The van der Waals surface area contributed by atoms with Crippen LogP contribution in [-0.4, -0.2) is 13.2 Å². The van der Waals surface area contributed by atoms with Crippen LogP contribution in [0.15, 0.2) is 0 Å². The lowest BCUT2D eigenvalue weighted by Crippen LogP contribution is -2.10. The van der Waals surface area contributed by atoms with Crippen LogP contribution in [0.3, 0.4) is 0 Å². The first-order valence-corrected chi connectivity index (χ1v) is 1.55. The molecule has 0 aromatic heterocycles. The molecule has 0 amide bonds. The van der Waals surface area contributed by atoms with Crippen molar-refractivity contribution in [2.75, 3.05) is 13.2 Å². The number of hydrogen-bond donors (Lipinski definition) is 2. The largest absolute Gasteiger partial charge is 0.302 e. The maximum absolute atomic E-state index is 4.58. The van der Waals surface area contributed by atoms with E-state index in [0.717, 1.165) is 0 Å². The van der Waals surface area contributed by atoms with E-state index in [9.17, 15) is 0 Å². The third-order valence-electron chi connectivity index (χ3n) is 0.319. The molecule has 0 radical (unpaired) electrons. The van der Waals surface area contributed by atoms with Crippen LogP contribution in [0, 0.1) is 0 Å². The highest BCUT2D eigenvalue weighted by Crippen LogP contribution is 1.59. The Morgan fingerprint density at radius 1 is 1.00 bits per heavy atom. The number of hydrogen-bond acceptors (Lipinski definition) is 4. The zero-order valence-electron chi connectivity index (χ0n) is 3.79. The van der Waals surface area contributed by atoms with Crippen LogP contribution in [0.25, 0.3) is 0 Å². The zero-order valence-corrected chi connectivity index (χ0v) is 4.61. The molecule has 0 fully saturated rings. The Kier molecular flexibility index (Phi) is 13.8. The van der Waals surface area contributed by atoms with Crippen molar-refractivity contribution in [2.24, 2.45) is 11.8 Å². The van der Waals surface area contributed by atoms with Crippen molar-refractivity contribution >= 4 is 12.4 Å². The van der Waals surface area contributed by atoms with Crippen LogP contribution in [0.5, 0.6) is 0 Å². The minimum Gasteiger partial charge on any atom is -0.302 e. The fourth-order valence-corrected chi connectivity index (χ4v) is 0.0962. The minimum atomic E-state index is 0. The van der Waals surface area contributed by atoms with Crippen LogP contribution < -0.4 is 11.8 Å². The van der Waals surface area contributed by atoms with E-state index >= 15 is 0 Å². The molecular formula is C2H9ClN2O2. The molecule has 0 unspecified atom stereocenters. The molecule has 46 valence electrons. The first-order valence-electron chi connectivity index (χ1n) is 1.55. The van der Waals surface area contributed by atoms with Crippen molar-refractivity contribution in [2.45, 2.75) is 0 Å². The monoisotopic (exact) mass is 128 g/mol. The summed E-state index contributed by atoms with van der Waals surface area (Å²) in [5, 5.41) is 0. The van der Waals surface area contributed by atoms with E-state index in [1.807, 2.05) is 0 Å². The van der Waals surface area contributed by atoms with Crippen LogP contribution in [0.4, 0.5) is 0 Å². The summed E-state index contributed by atoms with van der Waals surface area (Å²) < 4.78 is 0. The van der Waals surface area contributed by atoms with Crippen LogP contribution in [-0.2, 0) is 9.68 Å². The van der Waals surface area contributed by atoms with Gasteiger partial charge in [0.25, 0.3) is 0 Å². The quantitative estimate of drug-likeness (QED) is 0.385. The van der Waals surface area contributed by atoms with Gasteiger partial charge in [0.15, 0.2) is 0 Å². The maximum atomic E-state index is 4.58. The Morgan fingerprint density at radius 2 is 1.29 bits per heavy atom. The number of halogens is 1. The van der Waals surface area contributed by atoms with Crippen molar-refractivity contribution < 1.29 is 9.68 Å². The van der Waals surface area contributed by atoms with Crippen LogP contribution in [0.1, 0.15) is 0 Å². The summed E-state index contributed by atoms with van der Waals surface area (Å²) in [6.45, 7) is 0.688. The van der Waals surface area contributed by atoms with Crippen molar-refractivity contribution in [1.82, 2.24) is 0 Å². The fraction of sp³-hybridized carbons (Fsp3) is 1.00. The lowest BCUT2D eigenvalue weighted by Gasteiger charge is -1.90. The average Bonchev–Trinajstić information content (AvgIpc) is 1.61. The molecule has 5 heteroatoms. The van der Waals surface area contributed by atoms with E-state index in [4.69, 9.17) is 0 Å². The molecule has 0 aromatic carbocycles. The Morgan fingerprint density at radius 3 is 1.43 bits per heavy atom. The second-order valence-corrected chi connectivity index (χ2v) is 0.742. The molecule has 0 aromatic rings. The lowest BCUT2D eigenvalue weighted by atomic mass is 10.8. The highest BCUT2D eigenvalue weighted by molar-refractivity contribution is 5.85. The second-order valence-electron chi connectivity index (χ2n) is 0.742. The highest BCUT2D eigenvalue weighted by atomic mass is 35.5. The SMILES string of the molecule is Cl.NOCCON. The molecule has 0 rings (SSSR count). The molecule has 0 bridgehead atoms. The Labute approximate surface area is 48.1 Å². The Balaban J connectivity index is 0. The molecule has 0 saturated carbocycles. The van der Waals surface area contributed by atoms with E-state index < -0.39 is 0 Å². The molecule has 4 N–H and O–H groups in total. The smallest absolute Gasteiger partial charge is 0.0933 e. The molecule has 4 nitrogen and oxygen atoms in total. The van der Waals surface area contributed by atoms with Crippen molar-refractivity contribution in [1.29, 1.82) is 0 Å². The first-order chi connectivity index (χ1) is 2.91. The van der Waals surface area contributed by atoms with Gasteiger partial charge in [-0.1, -0.05) is 0 Å². The van der Waals surface area contributed by atoms with Gasteiger partial charge in [-0.05, 0) is 0 Å². The number of rotatable bonds is 3. The van der Waals surface area contributed by atoms with Crippen LogP contribution >= 0.6 is 12.4 Å². The van der Waals surface area contributed by atoms with E-state index in [2.05, 4.69) is 21.5 Å². The third-order valence-corrected chi connectivity index (χ3v) is 0.319. The van der Waals surface area contributed by atoms with Gasteiger partial charge in [0.2, 0.25) is 0 Å². The van der Waals surface area contributed by atoms with Crippen molar-refractivity contribution in [3.63, 3.8) is 0 Å². The summed E-state index contributed by atoms with van der Waals surface area (Å²) >= 11 is 0. The molecule has 0 spiro atoms. The summed E-state index contributed by atoms with van der Waals surface area (Å²) in [5.74, 6) is 9.16. The van der Waals surface area contributed by atoms with E-state index in [-0.39, 0.29) is 12.4 Å². The van der Waals surface area contributed by atoms with E-state index in [1.165, 1.54) is 0 Å². The van der Waals surface area contributed by atoms with Crippen molar-refractivity contribution in [3.05, 3.63) is 0 Å². The van der Waals surface area contributed by atoms with E-state index in [0.29, 0.717) is 13.2 Å². The normalized spacial score (nSPS) is 7.71. The van der Waals surface area contributed by atoms with Gasteiger partial charge in [-0.3, -0.25) is 0 Å². The average molecular weight is 129 g/mol. The minimum absolute atomic E-state index is 0. The van der Waals surface area contributed by atoms with Crippen molar-refractivity contribution in [3.8, 4) is 0 Å². The second kappa shape index (κ2) is 9.46. The van der Waals surface area contributed by atoms with Gasteiger partial charge in [0, 0.05) is 0 Å². The van der Waals surface area contributed by atoms with Gasteiger partial charge >= 0.3 is 0 Å². The standard InChI is InChI=1S/C2H8N2O2.ClH/c3-5-1-2-6-4;/h1-4H2;1H. The van der Waals surface area contributed by atoms with Crippen LogP contribution in [0.2, 0.25) is 0 Å². The van der Waals surface area contributed by atoms with Gasteiger partial charge in [-0.15, -0.1) is 12.4 Å². The predicted octanol–water partition coefficient (Wildman–Crippen LogP) is -0.811. The Bertz CT molecular complexity index is 25.7. The maximum Gasteiger partial charge on any atom is 0.0933 e. The third kappa shape index (κ3) is 10.7. The molecule has 0 aliphatic rings. The summed E-state index contributed by atoms with van der Waals surface area (Å²) in [7, 11) is 0. The number of nitrogens with two attached hydrogens (primary N) is 2. The zero-order chi connectivity index (χ0) is 4.83. The Hall–Kier alpha value is 0.130. The topological polar surface area (TPSA) is 70.5 Å². The molecule has 7 heavy (non-hydrogen) atoms. The van der Waals surface area contributed by atoms with Gasteiger partial charge in [0.1, 0.15) is 0 Å². The summed E-state index contributed by atoms with van der Waals surface area (Å²) in [4.78, 5) is 8.15. The fourth-order valence-electron chi connectivity index (χ4n) is 0.0962. The summed E-state index contributed by atoms with van der Waals surface area (Å²) in [6, 6.07) is 0. The highest BCUT2D eigenvalue weighted by Gasteiger charge is 1.75. The predicted molar refractivity (Wildman–Crippen MR) is 27.5 cm³/mol. The molecule has 0 heterocycles. The molecule has 0 saturated heterocycles. The first kappa shape index (κ1) is 10.2. The van der Waals surface area contributed by atoms with Gasteiger partial charge in [-0.25, -0.2) is 11.8 Å². The van der Waals surface area contributed by atoms with Gasteiger partial charge < -0.3 is 9.68 Å². The molecule has 0 atom stereocenters. The lowest BCUT2D eigenvalue weighted by molar-refractivity contribution is 0.0478. The summed E-state index contributed by atoms with van der Waals surface area (Å²) in [6.07, 6.45) is 0. The molecular weight excluding hydrogens is 119 g/mol. The van der Waals surface area contributed by atoms with Gasteiger partial charge in [0.05, 0.1) is 13.2 Å². The molecule has 0 aliphatic heterocycles. The van der Waals surface area contributed by atoms with Gasteiger partial charge in [-0.2, -0.15) is 0 Å². The summed E-state index contributed by atoms with van der Waals surface area (Å²) in [5.41, 5.74) is 0. The molecule has 0 aliphatic carbocycles.